The second-order valence-electron chi connectivity index (χ2n) is 10.4. The van der Waals surface area contributed by atoms with E-state index in [-0.39, 0.29) is 17.2 Å². The quantitative estimate of drug-likeness (QED) is 0.311. The number of rotatable bonds is 5. The maximum Gasteiger partial charge on any atom is 0.301 e. The Kier molecular flexibility index (Phi) is 6.99. The second kappa shape index (κ2) is 10.4. The monoisotopic (exact) mass is 511 g/mol. The fraction of sp³-hybridized carbons (Fsp3) is 0.333. The van der Waals surface area contributed by atoms with Crippen LogP contribution in [0, 0.1) is 6.92 Å². The molecular formula is C30H33N5O3. The van der Waals surface area contributed by atoms with Crippen molar-refractivity contribution in [1.82, 2.24) is 15.1 Å². The first-order valence-corrected chi connectivity index (χ1v) is 13.0. The van der Waals surface area contributed by atoms with E-state index < -0.39 is 17.7 Å². The van der Waals surface area contributed by atoms with E-state index in [1.54, 1.807) is 18.2 Å². The van der Waals surface area contributed by atoms with Gasteiger partial charge in [-0.2, -0.15) is 0 Å². The Balaban J connectivity index is 1.58. The van der Waals surface area contributed by atoms with Gasteiger partial charge in [-0.05, 0) is 43.1 Å². The van der Waals surface area contributed by atoms with E-state index in [2.05, 4.69) is 40.9 Å². The highest BCUT2D eigenvalue weighted by molar-refractivity contribution is 6.51. The van der Waals surface area contributed by atoms with Crippen molar-refractivity contribution in [1.29, 1.82) is 0 Å². The van der Waals surface area contributed by atoms with Crippen LogP contribution < -0.4 is 9.80 Å². The molecule has 8 nitrogen and oxygen atoms in total. The van der Waals surface area contributed by atoms with Crippen molar-refractivity contribution in [3.05, 3.63) is 88.5 Å². The Morgan fingerprint density at radius 2 is 1.47 bits per heavy atom. The molecule has 38 heavy (non-hydrogen) atoms. The molecule has 2 saturated heterocycles. The molecule has 1 N–H and O–H groups in total. The number of carbonyl (C=O) groups excluding carboxylic acids is 2. The average Bonchev–Trinajstić information content (AvgIpc) is 3.19. The maximum absolute atomic E-state index is 13.4. The minimum atomic E-state index is -0.832. The number of Topliss-reactive ketones (excluding diaryl/α,β-unsaturated/α-hetero) is 1. The molecule has 0 saturated carbocycles. The third kappa shape index (κ3) is 4.79. The van der Waals surface area contributed by atoms with Gasteiger partial charge in [0.15, 0.2) is 11.6 Å². The van der Waals surface area contributed by atoms with Crippen molar-refractivity contribution in [3.63, 3.8) is 0 Å². The van der Waals surface area contributed by atoms with Gasteiger partial charge in [-0.15, -0.1) is 10.2 Å². The zero-order chi connectivity index (χ0) is 27.0. The molecule has 3 heterocycles. The lowest BCUT2D eigenvalue weighted by Gasteiger charge is -2.33. The van der Waals surface area contributed by atoms with Crippen LogP contribution in [0.3, 0.4) is 0 Å². The van der Waals surface area contributed by atoms with Crippen molar-refractivity contribution >= 4 is 29.1 Å². The van der Waals surface area contributed by atoms with Crippen LogP contribution in [0.2, 0.25) is 0 Å². The number of aliphatic hydroxyl groups excluding tert-OH is 1. The van der Waals surface area contributed by atoms with Gasteiger partial charge in [-0.3, -0.25) is 14.5 Å². The molecule has 0 radical (unpaired) electrons. The lowest BCUT2D eigenvalue weighted by molar-refractivity contribution is -0.132. The smallest absolute Gasteiger partial charge is 0.301 e. The second-order valence-corrected chi connectivity index (χ2v) is 10.4. The number of amides is 1. The van der Waals surface area contributed by atoms with Gasteiger partial charge in [0.1, 0.15) is 5.76 Å². The molecule has 5 rings (SSSR count). The zero-order valence-electron chi connectivity index (χ0n) is 22.3. The third-order valence-electron chi connectivity index (χ3n) is 7.40. The summed E-state index contributed by atoms with van der Waals surface area (Å²) in [6.45, 7) is 9.71. The Hall–Kier alpha value is -4.04. The SMILES string of the molecule is Cc1ccc(C(O)=C2C(=O)C(=O)N(c3ccc(N4CCN(C)CC4)nn3)C2c2ccc(C(C)C)cc2)cc1. The first kappa shape index (κ1) is 25.6. The fourth-order valence-electron chi connectivity index (χ4n) is 4.97. The van der Waals surface area contributed by atoms with E-state index in [9.17, 15) is 14.7 Å². The lowest BCUT2D eigenvalue weighted by Crippen LogP contribution is -2.44. The summed E-state index contributed by atoms with van der Waals surface area (Å²) in [5.74, 6) is -0.354. The molecule has 1 atom stereocenters. The van der Waals surface area contributed by atoms with Crippen LogP contribution in [0.15, 0.2) is 66.2 Å². The van der Waals surface area contributed by atoms with E-state index in [0.29, 0.717) is 17.0 Å². The minimum absolute atomic E-state index is 0.0427. The number of benzene rings is 2. The first-order chi connectivity index (χ1) is 18.2. The molecule has 196 valence electrons. The number of nitrogens with zero attached hydrogens (tertiary/aromatic N) is 5. The van der Waals surface area contributed by atoms with Crippen LogP contribution in [0.4, 0.5) is 11.6 Å². The Morgan fingerprint density at radius 1 is 0.868 bits per heavy atom. The zero-order valence-corrected chi connectivity index (χ0v) is 22.3. The number of piperazine rings is 1. The number of aromatic nitrogens is 2. The van der Waals surface area contributed by atoms with Crippen LogP contribution in [0.25, 0.3) is 5.76 Å². The van der Waals surface area contributed by atoms with Crippen molar-refractivity contribution in [2.75, 3.05) is 43.0 Å². The molecule has 2 aliphatic heterocycles. The summed E-state index contributed by atoms with van der Waals surface area (Å²) in [7, 11) is 2.09. The summed E-state index contributed by atoms with van der Waals surface area (Å²) in [6.07, 6.45) is 0. The third-order valence-corrected chi connectivity index (χ3v) is 7.40. The van der Waals surface area contributed by atoms with Crippen LogP contribution in [0.5, 0.6) is 0 Å². The Bertz CT molecular complexity index is 1360. The predicted octanol–water partition coefficient (Wildman–Crippen LogP) is 4.29. The van der Waals surface area contributed by atoms with Gasteiger partial charge < -0.3 is 14.9 Å². The van der Waals surface area contributed by atoms with E-state index in [1.807, 2.05) is 49.4 Å². The molecular weight excluding hydrogens is 478 g/mol. The fourth-order valence-corrected chi connectivity index (χ4v) is 4.97. The number of aryl methyl sites for hydroxylation is 1. The molecule has 2 aliphatic rings. The van der Waals surface area contributed by atoms with Crippen LogP contribution >= 0.6 is 0 Å². The van der Waals surface area contributed by atoms with Crippen molar-refractivity contribution in [3.8, 4) is 0 Å². The van der Waals surface area contributed by atoms with Gasteiger partial charge in [0.05, 0.1) is 11.6 Å². The topological polar surface area (TPSA) is 89.9 Å². The number of anilines is 2. The summed E-state index contributed by atoms with van der Waals surface area (Å²) < 4.78 is 0. The molecule has 8 heteroatoms. The van der Waals surface area contributed by atoms with E-state index in [4.69, 9.17) is 0 Å². The van der Waals surface area contributed by atoms with E-state index >= 15 is 0 Å². The summed E-state index contributed by atoms with van der Waals surface area (Å²) in [5, 5.41) is 20.1. The van der Waals surface area contributed by atoms with Crippen molar-refractivity contribution < 1.29 is 14.7 Å². The molecule has 0 spiro atoms. The highest BCUT2D eigenvalue weighted by Gasteiger charge is 2.47. The molecule has 0 aliphatic carbocycles. The van der Waals surface area contributed by atoms with Gasteiger partial charge in [0, 0.05) is 31.7 Å². The van der Waals surface area contributed by atoms with Gasteiger partial charge in [-0.25, -0.2) is 0 Å². The molecule has 2 fully saturated rings. The molecule has 0 bridgehead atoms. The lowest BCUT2D eigenvalue weighted by atomic mass is 9.93. The average molecular weight is 512 g/mol. The van der Waals surface area contributed by atoms with Gasteiger partial charge >= 0.3 is 5.91 Å². The molecule has 2 aromatic carbocycles. The first-order valence-electron chi connectivity index (χ1n) is 13.0. The van der Waals surface area contributed by atoms with E-state index in [1.165, 1.54) is 4.90 Å². The standard InChI is InChI=1S/C30H33N5O3/c1-19(2)21-9-11-22(12-10-21)27-26(28(36)23-7-5-20(3)6-8-23)29(37)30(38)35(27)25-14-13-24(31-32-25)34-17-15-33(4)16-18-34/h5-14,19,27,36H,15-18H2,1-4H3. The summed E-state index contributed by atoms with van der Waals surface area (Å²) in [4.78, 5) is 32.6. The van der Waals surface area contributed by atoms with Crippen molar-refractivity contribution in [2.45, 2.75) is 32.7 Å². The summed E-state index contributed by atoms with van der Waals surface area (Å²) in [5.41, 5.74) is 3.40. The summed E-state index contributed by atoms with van der Waals surface area (Å²) >= 11 is 0. The number of aliphatic hydroxyl groups is 1. The largest absolute Gasteiger partial charge is 0.507 e. The van der Waals surface area contributed by atoms with Gasteiger partial charge in [0.25, 0.3) is 5.78 Å². The highest BCUT2D eigenvalue weighted by atomic mass is 16.3. The number of likely N-dealkylation sites (N-methyl/N-ethyl adjacent to an activating group) is 1. The summed E-state index contributed by atoms with van der Waals surface area (Å²) in [6, 6.07) is 17.8. The number of hydrogen-bond acceptors (Lipinski definition) is 7. The van der Waals surface area contributed by atoms with E-state index in [0.717, 1.165) is 43.1 Å². The number of ketones is 1. The molecule has 1 aromatic heterocycles. The molecule has 1 unspecified atom stereocenters. The number of hydrogen-bond donors (Lipinski definition) is 1. The predicted molar refractivity (Wildman–Crippen MR) is 148 cm³/mol. The maximum atomic E-state index is 13.4. The molecule has 1 amide bonds. The van der Waals surface area contributed by atoms with Crippen LogP contribution in [-0.2, 0) is 9.59 Å². The highest BCUT2D eigenvalue weighted by Crippen LogP contribution is 2.42. The minimum Gasteiger partial charge on any atom is -0.507 e. The number of carbonyl (C=O) groups is 2. The van der Waals surface area contributed by atoms with Crippen molar-refractivity contribution in [2.24, 2.45) is 0 Å². The van der Waals surface area contributed by atoms with Gasteiger partial charge in [-0.1, -0.05) is 67.9 Å². The molecule has 3 aromatic rings. The Labute approximate surface area is 223 Å². The Morgan fingerprint density at radius 3 is 2.05 bits per heavy atom. The van der Waals surface area contributed by atoms with Gasteiger partial charge in [0.2, 0.25) is 0 Å². The normalized spacial score (nSPS) is 20.0. The van der Waals surface area contributed by atoms with Crippen LogP contribution in [-0.4, -0.2) is 65.1 Å². The van der Waals surface area contributed by atoms with Crippen LogP contribution in [0.1, 0.15) is 48.1 Å².